The summed E-state index contributed by atoms with van der Waals surface area (Å²) in [6, 6.07) is 7.98. The summed E-state index contributed by atoms with van der Waals surface area (Å²) in [5.74, 6) is 0. The van der Waals surface area contributed by atoms with Crippen LogP contribution in [0, 0.1) is 11.3 Å². The SMILES string of the molecule is N#Cc1cc(Cl)cc([C@@H]2CCN2)c1. The third-order valence-electron chi connectivity index (χ3n) is 2.28. The number of hydrogen-bond donors (Lipinski definition) is 1. The second-order valence-electron chi connectivity index (χ2n) is 3.18. The van der Waals surface area contributed by atoms with Gasteiger partial charge in [0, 0.05) is 11.1 Å². The monoisotopic (exact) mass is 192 g/mol. The predicted octanol–water partition coefficient (Wildman–Crippen LogP) is 2.25. The van der Waals surface area contributed by atoms with E-state index in [2.05, 4.69) is 11.4 Å². The van der Waals surface area contributed by atoms with E-state index in [0.29, 0.717) is 16.6 Å². The van der Waals surface area contributed by atoms with Crippen molar-refractivity contribution in [2.24, 2.45) is 0 Å². The fraction of sp³-hybridized carbons (Fsp3) is 0.300. The summed E-state index contributed by atoms with van der Waals surface area (Å²) >= 11 is 5.88. The Hall–Kier alpha value is -1.04. The quantitative estimate of drug-likeness (QED) is 0.741. The van der Waals surface area contributed by atoms with Gasteiger partial charge in [-0.1, -0.05) is 11.6 Å². The van der Waals surface area contributed by atoms with Gasteiger partial charge in [0.25, 0.3) is 0 Å². The highest BCUT2D eigenvalue weighted by Gasteiger charge is 2.18. The smallest absolute Gasteiger partial charge is 0.0992 e. The lowest BCUT2D eigenvalue weighted by atomic mass is 9.97. The largest absolute Gasteiger partial charge is 0.310 e. The van der Waals surface area contributed by atoms with Crippen LogP contribution < -0.4 is 5.32 Å². The van der Waals surface area contributed by atoms with E-state index in [-0.39, 0.29) is 0 Å². The first kappa shape index (κ1) is 8.55. The number of nitrogens with one attached hydrogen (secondary N) is 1. The van der Waals surface area contributed by atoms with Gasteiger partial charge in [0.1, 0.15) is 0 Å². The summed E-state index contributed by atoms with van der Waals surface area (Å²) in [6.07, 6.45) is 1.13. The molecule has 0 saturated carbocycles. The Morgan fingerprint density at radius 3 is 2.77 bits per heavy atom. The van der Waals surface area contributed by atoms with Gasteiger partial charge < -0.3 is 5.32 Å². The standard InChI is InChI=1S/C10H9ClN2/c11-9-4-7(6-12)3-8(5-9)10-1-2-13-10/h3-5,10,13H,1-2H2/t10-/m0/s1. The van der Waals surface area contributed by atoms with Crippen molar-refractivity contribution in [3.8, 4) is 6.07 Å². The van der Waals surface area contributed by atoms with Crippen molar-refractivity contribution in [1.82, 2.24) is 5.32 Å². The molecule has 1 aromatic rings. The summed E-state index contributed by atoms with van der Waals surface area (Å²) in [5.41, 5.74) is 1.76. The summed E-state index contributed by atoms with van der Waals surface area (Å²) < 4.78 is 0. The average molecular weight is 193 g/mol. The molecule has 2 rings (SSSR count). The van der Waals surface area contributed by atoms with Crippen LogP contribution in [0.5, 0.6) is 0 Å². The number of nitriles is 1. The van der Waals surface area contributed by atoms with Crippen molar-refractivity contribution in [2.75, 3.05) is 6.54 Å². The molecule has 1 heterocycles. The second kappa shape index (κ2) is 3.37. The minimum absolute atomic E-state index is 0.394. The first-order chi connectivity index (χ1) is 6.29. The van der Waals surface area contributed by atoms with Gasteiger partial charge in [0.05, 0.1) is 11.6 Å². The Morgan fingerprint density at radius 2 is 2.23 bits per heavy atom. The summed E-state index contributed by atoms with van der Waals surface area (Å²) in [4.78, 5) is 0. The van der Waals surface area contributed by atoms with Gasteiger partial charge in [-0.15, -0.1) is 0 Å². The highest BCUT2D eigenvalue weighted by molar-refractivity contribution is 6.30. The van der Waals surface area contributed by atoms with Crippen LogP contribution in [-0.4, -0.2) is 6.54 Å². The van der Waals surface area contributed by atoms with Gasteiger partial charge >= 0.3 is 0 Å². The Balaban J connectivity index is 2.35. The molecular formula is C10H9ClN2. The molecule has 13 heavy (non-hydrogen) atoms. The van der Waals surface area contributed by atoms with E-state index in [9.17, 15) is 0 Å². The van der Waals surface area contributed by atoms with Gasteiger partial charge in [0.2, 0.25) is 0 Å². The van der Waals surface area contributed by atoms with Crippen LogP contribution in [0.25, 0.3) is 0 Å². The molecule has 3 heteroatoms. The lowest BCUT2D eigenvalue weighted by Crippen LogP contribution is -2.34. The van der Waals surface area contributed by atoms with E-state index in [0.717, 1.165) is 18.5 Å². The molecule has 1 atom stereocenters. The van der Waals surface area contributed by atoms with Gasteiger partial charge in [-0.3, -0.25) is 0 Å². The number of benzene rings is 1. The third-order valence-corrected chi connectivity index (χ3v) is 2.49. The fourth-order valence-electron chi connectivity index (χ4n) is 1.45. The van der Waals surface area contributed by atoms with E-state index >= 15 is 0 Å². The highest BCUT2D eigenvalue weighted by Crippen LogP contribution is 2.26. The molecule has 1 aromatic carbocycles. The molecule has 0 amide bonds. The molecule has 2 nitrogen and oxygen atoms in total. The number of rotatable bonds is 1. The van der Waals surface area contributed by atoms with Crippen molar-refractivity contribution >= 4 is 11.6 Å². The van der Waals surface area contributed by atoms with Crippen LogP contribution in [0.15, 0.2) is 18.2 Å². The maximum Gasteiger partial charge on any atom is 0.0992 e. The molecule has 0 radical (unpaired) electrons. The molecule has 1 aliphatic rings. The Bertz CT molecular complexity index is 364. The summed E-state index contributed by atoms with van der Waals surface area (Å²) in [7, 11) is 0. The van der Waals surface area contributed by atoms with Gasteiger partial charge in [0.15, 0.2) is 0 Å². The zero-order valence-electron chi connectivity index (χ0n) is 7.05. The number of hydrogen-bond acceptors (Lipinski definition) is 2. The first-order valence-electron chi connectivity index (χ1n) is 4.23. The van der Waals surface area contributed by atoms with Crippen LogP contribution in [0.4, 0.5) is 0 Å². The molecule has 1 N–H and O–H groups in total. The lowest BCUT2D eigenvalue weighted by molar-refractivity contribution is 0.383. The molecule has 1 aliphatic heterocycles. The molecule has 0 bridgehead atoms. The van der Waals surface area contributed by atoms with Crippen LogP contribution in [0.3, 0.4) is 0 Å². The molecule has 66 valence electrons. The van der Waals surface area contributed by atoms with Crippen LogP contribution >= 0.6 is 11.6 Å². The van der Waals surface area contributed by atoms with Crippen molar-refractivity contribution < 1.29 is 0 Å². The summed E-state index contributed by atoms with van der Waals surface area (Å²) in [5, 5.41) is 12.6. The fourth-order valence-corrected chi connectivity index (χ4v) is 1.69. The van der Waals surface area contributed by atoms with E-state index in [4.69, 9.17) is 16.9 Å². The van der Waals surface area contributed by atoms with Crippen LogP contribution in [0.2, 0.25) is 5.02 Å². The molecule has 1 fully saturated rings. The van der Waals surface area contributed by atoms with Gasteiger partial charge in [-0.25, -0.2) is 0 Å². The normalized spacial score (nSPS) is 20.5. The number of nitrogens with zero attached hydrogens (tertiary/aromatic N) is 1. The lowest BCUT2D eigenvalue weighted by Gasteiger charge is -2.28. The minimum Gasteiger partial charge on any atom is -0.310 e. The third kappa shape index (κ3) is 1.67. The molecular weight excluding hydrogens is 184 g/mol. The van der Waals surface area contributed by atoms with Crippen molar-refractivity contribution in [3.05, 3.63) is 34.3 Å². The maximum atomic E-state index is 8.73. The van der Waals surface area contributed by atoms with E-state index < -0.39 is 0 Å². The summed E-state index contributed by atoms with van der Waals surface area (Å²) in [6.45, 7) is 1.05. The van der Waals surface area contributed by atoms with Crippen LogP contribution in [-0.2, 0) is 0 Å². The minimum atomic E-state index is 0.394. The molecule has 1 saturated heterocycles. The van der Waals surface area contributed by atoms with E-state index in [1.165, 1.54) is 0 Å². The predicted molar refractivity (Wildman–Crippen MR) is 51.5 cm³/mol. The first-order valence-corrected chi connectivity index (χ1v) is 4.61. The zero-order valence-corrected chi connectivity index (χ0v) is 7.80. The van der Waals surface area contributed by atoms with Crippen LogP contribution in [0.1, 0.15) is 23.6 Å². The molecule has 0 aromatic heterocycles. The topological polar surface area (TPSA) is 35.8 Å². The zero-order chi connectivity index (χ0) is 9.26. The highest BCUT2D eigenvalue weighted by atomic mass is 35.5. The number of halogens is 1. The van der Waals surface area contributed by atoms with Crippen molar-refractivity contribution in [2.45, 2.75) is 12.5 Å². The van der Waals surface area contributed by atoms with Gasteiger partial charge in [-0.2, -0.15) is 5.26 Å². The molecule has 0 unspecified atom stereocenters. The Morgan fingerprint density at radius 1 is 1.46 bits per heavy atom. The van der Waals surface area contributed by atoms with Gasteiger partial charge in [-0.05, 0) is 36.7 Å². The Labute approximate surface area is 82.1 Å². The van der Waals surface area contributed by atoms with Crippen molar-refractivity contribution in [3.63, 3.8) is 0 Å². The molecule has 0 aliphatic carbocycles. The molecule has 0 spiro atoms. The van der Waals surface area contributed by atoms with E-state index in [1.54, 1.807) is 6.07 Å². The second-order valence-corrected chi connectivity index (χ2v) is 3.62. The van der Waals surface area contributed by atoms with E-state index in [1.807, 2.05) is 12.1 Å². The van der Waals surface area contributed by atoms with Crippen molar-refractivity contribution in [1.29, 1.82) is 5.26 Å². The maximum absolute atomic E-state index is 8.73. The average Bonchev–Trinajstić information content (AvgIpc) is 2.00. The Kier molecular flexibility index (Phi) is 2.22.